The highest BCUT2D eigenvalue weighted by atomic mass is 32.2. The molecule has 7 heteroatoms. The number of amides is 2. The Kier molecular flexibility index (Phi) is 4.76. The number of rotatable bonds is 5. The number of anilines is 1. The molecule has 2 aromatic carbocycles. The molecular weight excluding hydrogens is 342 g/mol. The number of carbonyl (C=O) groups excluding carboxylic acids is 3. The number of methoxy groups -OCH3 is 1. The van der Waals surface area contributed by atoms with Crippen molar-refractivity contribution in [3.05, 3.63) is 54.1 Å². The lowest BCUT2D eigenvalue weighted by molar-refractivity contribution is -0.255. The van der Waals surface area contributed by atoms with Gasteiger partial charge in [-0.1, -0.05) is 18.2 Å². The first-order valence-electron chi connectivity index (χ1n) is 7.49. The molecule has 6 nitrogen and oxygen atoms in total. The van der Waals surface area contributed by atoms with Gasteiger partial charge < -0.3 is 14.6 Å². The molecule has 1 aliphatic rings. The van der Waals surface area contributed by atoms with E-state index in [1.165, 1.54) is 13.2 Å². The summed E-state index contributed by atoms with van der Waals surface area (Å²) in [6, 6.07) is 12.9. The SMILES string of the molecule is COc1ccc(N2C(=O)CC(Sc3ccccc3C(=O)[O-])C2=O)cc1. The third kappa shape index (κ3) is 3.36. The number of imide groups is 1. The first-order chi connectivity index (χ1) is 12.0. The number of thioether (sulfide) groups is 1. The number of carboxylic acids is 1. The highest BCUT2D eigenvalue weighted by molar-refractivity contribution is 8.00. The van der Waals surface area contributed by atoms with E-state index >= 15 is 0 Å². The van der Waals surface area contributed by atoms with Crippen molar-refractivity contribution in [3.63, 3.8) is 0 Å². The molecule has 2 amide bonds. The molecule has 3 rings (SSSR count). The van der Waals surface area contributed by atoms with Crippen molar-refractivity contribution in [2.75, 3.05) is 12.0 Å². The van der Waals surface area contributed by atoms with Crippen molar-refractivity contribution in [2.45, 2.75) is 16.6 Å². The van der Waals surface area contributed by atoms with Gasteiger partial charge in [-0.15, -0.1) is 11.8 Å². The largest absolute Gasteiger partial charge is 0.545 e. The molecule has 1 fully saturated rings. The van der Waals surface area contributed by atoms with E-state index in [9.17, 15) is 19.5 Å². The number of hydrogen-bond acceptors (Lipinski definition) is 6. The predicted molar refractivity (Wildman–Crippen MR) is 90.5 cm³/mol. The normalized spacial score (nSPS) is 17.0. The lowest BCUT2D eigenvalue weighted by atomic mass is 10.2. The molecule has 1 unspecified atom stereocenters. The van der Waals surface area contributed by atoms with Crippen LogP contribution in [0, 0.1) is 0 Å². The van der Waals surface area contributed by atoms with Crippen molar-refractivity contribution >= 4 is 35.2 Å². The quantitative estimate of drug-likeness (QED) is 0.754. The van der Waals surface area contributed by atoms with Crippen LogP contribution in [0.15, 0.2) is 53.4 Å². The zero-order chi connectivity index (χ0) is 18.0. The van der Waals surface area contributed by atoms with E-state index in [4.69, 9.17) is 4.74 Å². The lowest BCUT2D eigenvalue weighted by Gasteiger charge is -2.16. The fourth-order valence-electron chi connectivity index (χ4n) is 2.59. The Morgan fingerprint density at radius 3 is 2.48 bits per heavy atom. The first-order valence-corrected chi connectivity index (χ1v) is 8.37. The van der Waals surface area contributed by atoms with Crippen LogP contribution in [-0.4, -0.2) is 30.1 Å². The molecule has 25 heavy (non-hydrogen) atoms. The Hall–Kier alpha value is -2.80. The van der Waals surface area contributed by atoms with Crippen LogP contribution in [0.3, 0.4) is 0 Å². The molecule has 1 atom stereocenters. The highest BCUT2D eigenvalue weighted by Crippen LogP contribution is 2.35. The second-order valence-corrected chi connectivity index (χ2v) is 6.60. The summed E-state index contributed by atoms with van der Waals surface area (Å²) in [5.74, 6) is -1.38. The van der Waals surface area contributed by atoms with E-state index in [-0.39, 0.29) is 23.8 Å². The maximum Gasteiger partial charge on any atom is 0.247 e. The molecule has 0 radical (unpaired) electrons. The van der Waals surface area contributed by atoms with Crippen LogP contribution in [0.1, 0.15) is 16.8 Å². The summed E-state index contributed by atoms with van der Waals surface area (Å²) in [5.41, 5.74) is 0.475. The molecule has 0 saturated carbocycles. The lowest BCUT2D eigenvalue weighted by Crippen LogP contribution is -2.31. The van der Waals surface area contributed by atoms with E-state index < -0.39 is 11.2 Å². The third-order valence-electron chi connectivity index (χ3n) is 3.81. The molecule has 0 spiro atoms. The van der Waals surface area contributed by atoms with Gasteiger partial charge in [0.2, 0.25) is 11.8 Å². The number of hydrogen-bond donors (Lipinski definition) is 0. The Morgan fingerprint density at radius 2 is 1.84 bits per heavy atom. The van der Waals surface area contributed by atoms with Crippen molar-refractivity contribution < 1.29 is 24.2 Å². The fourth-order valence-corrected chi connectivity index (χ4v) is 3.76. The molecule has 0 aromatic heterocycles. The van der Waals surface area contributed by atoms with Crippen LogP contribution in [0.4, 0.5) is 5.69 Å². The second kappa shape index (κ2) is 6.98. The van der Waals surface area contributed by atoms with Crippen LogP contribution < -0.4 is 14.7 Å². The Balaban J connectivity index is 1.83. The van der Waals surface area contributed by atoms with Crippen LogP contribution >= 0.6 is 11.8 Å². The predicted octanol–water partition coefficient (Wildman–Crippen LogP) is 1.48. The van der Waals surface area contributed by atoms with Gasteiger partial charge in [-0.2, -0.15) is 0 Å². The Bertz CT molecular complexity index is 834. The van der Waals surface area contributed by atoms with E-state index in [2.05, 4.69) is 0 Å². The van der Waals surface area contributed by atoms with Gasteiger partial charge in [0.05, 0.1) is 24.0 Å². The van der Waals surface area contributed by atoms with Gasteiger partial charge in [0, 0.05) is 16.9 Å². The first kappa shape index (κ1) is 17.0. The summed E-state index contributed by atoms with van der Waals surface area (Å²) < 4.78 is 5.07. The summed E-state index contributed by atoms with van der Waals surface area (Å²) in [6.45, 7) is 0. The molecule has 1 saturated heterocycles. The van der Waals surface area contributed by atoms with E-state index in [1.54, 1.807) is 42.5 Å². The van der Waals surface area contributed by atoms with Gasteiger partial charge in [0.15, 0.2) is 0 Å². The summed E-state index contributed by atoms with van der Waals surface area (Å²) in [4.78, 5) is 37.7. The van der Waals surface area contributed by atoms with E-state index in [1.807, 2.05) is 0 Å². The summed E-state index contributed by atoms with van der Waals surface area (Å²) in [5, 5.41) is 10.5. The fraction of sp³-hybridized carbons (Fsp3) is 0.167. The number of aromatic carboxylic acids is 1. The highest BCUT2D eigenvalue weighted by Gasteiger charge is 2.40. The Morgan fingerprint density at radius 1 is 1.16 bits per heavy atom. The van der Waals surface area contributed by atoms with Gasteiger partial charge >= 0.3 is 0 Å². The number of carbonyl (C=O) groups is 3. The van der Waals surface area contributed by atoms with Crippen molar-refractivity contribution in [3.8, 4) is 5.75 Å². The maximum absolute atomic E-state index is 12.6. The van der Waals surface area contributed by atoms with E-state index in [0.29, 0.717) is 16.3 Å². The number of carboxylic acid groups (broad SMARTS) is 1. The summed E-state index contributed by atoms with van der Waals surface area (Å²) in [7, 11) is 1.53. The summed E-state index contributed by atoms with van der Waals surface area (Å²) >= 11 is 1.07. The molecule has 1 heterocycles. The zero-order valence-electron chi connectivity index (χ0n) is 13.3. The zero-order valence-corrected chi connectivity index (χ0v) is 14.1. The molecule has 0 N–H and O–H groups in total. The van der Waals surface area contributed by atoms with Crippen LogP contribution in [0.2, 0.25) is 0 Å². The minimum absolute atomic E-state index is 0.00986. The topological polar surface area (TPSA) is 86.7 Å². The van der Waals surface area contributed by atoms with Crippen LogP contribution in [-0.2, 0) is 9.59 Å². The van der Waals surface area contributed by atoms with Gasteiger partial charge in [0.1, 0.15) is 5.75 Å². The van der Waals surface area contributed by atoms with Crippen LogP contribution in [0.5, 0.6) is 5.75 Å². The van der Waals surface area contributed by atoms with Crippen molar-refractivity contribution in [1.29, 1.82) is 0 Å². The maximum atomic E-state index is 12.6. The van der Waals surface area contributed by atoms with Crippen molar-refractivity contribution in [1.82, 2.24) is 0 Å². The molecule has 0 bridgehead atoms. The van der Waals surface area contributed by atoms with Gasteiger partial charge in [0.25, 0.3) is 0 Å². The molecule has 2 aromatic rings. The average Bonchev–Trinajstić information content (AvgIpc) is 2.89. The minimum atomic E-state index is -1.31. The van der Waals surface area contributed by atoms with Crippen LogP contribution in [0.25, 0.3) is 0 Å². The van der Waals surface area contributed by atoms with Gasteiger partial charge in [-0.05, 0) is 30.3 Å². The average molecular weight is 356 g/mol. The second-order valence-electron chi connectivity index (χ2n) is 5.36. The molecule has 0 aliphatic carbocycles. The number of ether oxygens (including phenoxy) is 1. The molecule has 1 aliphatic heterocycles. The van der Waals surface area contributed by atoms with E-state index in [0.717, 1.165) is 16.7 Å². The molecular formula is C18H14NO5S-. The molecule has 128 valence electrons. The Labute approximate surface area is 148 Å². The van der Waals surface area contributed by atoms with Gasteiger partial charge in [-0.3, -0.25) is 9.59 Å². The smallest absolute Gasteiger partial charge is 0.247 e. The minimum Gasteiger partial charge on any atom is -0.545 e. The summed E-state index contributed by atoms with van der Waals surface area (Å²) in [6.07, 6.45) is 0.0108. The van der Waals surface area contributed by atoms with Gasteiger partial charge in [-0.25, -0.2) is 4.90 Å². The third-order valence-corrected chi connectivity index (χ3v) is 5.07. The van der Waals surface area contributed by atoms with Crippen molar-refractivity contribution in [2.24, 2.45) is 0 Å². The monoisotopic (exact) mass is 356 g/mol. The number of benzene rings is 2. The number of nitrogens with zero attached hydrogens (tertiary/aromatic N) is 1. The standard InChI is InChI=1S/C18H15NO5S/c1-24-12-8-6-11(7-9-12)19-16(20)10-15(17(19)21)25-14-5-3-2-4-13(14)18(22)23/h2-9,15H,10H2,1H3,(H,22,23)/p-1.